The molecule has 3 rings (SSSR count). The van der Waals surface area contributed by atoms with E-state index in [1.54, 1.807) is 14.2 Å². The number of carbonyl (C=O) groups is 2. The van der Waals surface area contributed by atoms with E-state index in [1.807, 2.05) is 18.2 Å². The van der Waals surface area contributed by atoms with Crippen molar-refractivity contribution in [3.8, 4) is 5.75 Å². The van der Waals surface area contributed by atoms with Gasteiger partial charge in [-0.15, -0.1) is 0 Å². The number of hydrogen-bond acceptors (Lipinski definition) is 5. The average molecular weight is 361 g/mol. The Morgan fingerprint density at radius 3 is 2.77 bits per heavy atom. The van der Waals surface area contributed by atoms with Gasteiger partial charge in [-0.25, -0.2) is 0 Å². The van der Waals surface area contributed by atoms with Gasteiger partial charge < -0.3 is 24.6 Å². The molecule has 2 aliphatic rings. The first kappa shape index (κ1) is 18.5. The van der Waals surface area contributed by atoms with Crippen molar-refractivity contribution < 1.29 is 19.1 Å². The third-order valence-electron chi connectivity index (χ3n) is 5.03. The molecule has 142 valence electrons. The molecule has 2 saturated heterocycles. The summed E-state index contributed by atoms with van der Waals surface area (Å²) in [4.78, 5) is 27.9. The number of ether oxygens (including phenoxy) is 2. The highest BCUT2D eigenvalue weighted by atomic mass is 16.5. The molecule has 1 unspecified atom stereocenters. The summed E-state index contributed by atoms with van der Waals surface area (Å²) in [5.41, 5.74) is 1.45. The van der Waals surface area contributed by atoms with Crippen LogP contribution in [0.1, 0.15) is 26.7 Å². The summed E-state index contributed by atoms with van der Waals surface area (Å²) in [5.74, 6) is 0.423. The Kier molecular flexibility index (Phi) is 5.09. The van der Waals surface area contributed by atoms with Crippen LogP contribution < -0.4 is 15.0 Å². The van der Waals surface area contributed by atoms with Gasteiger partial charge in [-0.3, -0.25) is 9.59 Å². The van der Waals surface area contributed by atoms with Gasteiger partial charge in [0.1, 0.15) is 11.8 Å². The van der Waals surface area contributed by atoms with E-state index in [1.165, 1.54) is 4.90 Å². The first-order valence-electron chi connectivity index (χ1n) is 8.94. The maximum absolute atomic E-state index is 12.5. The minimum atomic E-state index is -0.424. The number of benzene rings is 1. The van der Waals surface area contributed by atoms with Crippen molar-refractivity contribution in [1.29, 1.82) is 0 Å². The molecule has 1 N–H and O–H groups in total. The van der Waals surface area contributed by atoms with E-state index in [0.29, 0.717) is 30.9 Å². The minimum absolute atomic E-state index is 0.00222. The third kappa shape index (κ3) is 3.77. The Bertz CT molecular complexity index is 704. The number of methoxy groups -OCH3 is 1. The monoisotopic (exact) mass is 361 g/mol. The van der Waals surface area contributed by atoms with Gasteiger partial charge in [0.2, 0.25) is 11.8 Å². The van der Waals surface area contributed by atoms with Crippen molar-refractivity contribution in [2.75, 3.05) is 44.1 Å². The van der Waals surface area contributed by atoms with Gasteiger partial charge in [0.25, 0.3) is 0 Å². The van der Waals surface area contributed by atoms with Crippen molar-refractivity contribution >= 4 is 23.2 Å². The fraction of sp³-hybridized carbons (Fsp3) is 0.579. The van der Waals surface area contributed by atoms with E-state index in [0.717, 1.165) is 18.8 Å². The van der Waals surface area contributed by atoms with Crippen LogP contribution in [0.25, 0.3) is 0 Å². The lowest BCUT2D eigenvalue weighted by atomic mass is 10.1. The number of morpholine rings is 1. The zero-order chi connectivity index (χ0) is 18.9. The third-order valence-corrected chi connectivity index (χ3v) is 5.03. The summed E-state index contributed by atoms with van der Waals surface area (Å²) in [6, 6.07) is 5.33. The predicted molar refractivity (Wildman–Crippen MR) is 99.7 cm³/mol. The van der Waals surface area contributed by atoms with Crippen LogP contribution in [0.4, 0.5) is 11.4 Å². The number of hydrogen-bond donors (Lipinski definition) is 1. The van der Waals surface area contributed by atoms with Crippen LogP contribution in [-0.2, 0) is 14.3 Å². The molecule has 2 fully saturated rings. The summed E-state index contributed by atoms with van der Waals surface area (Å²) in [7, 11) is 3.25. The smallest absolute Gasteiger partial charge is 0.247 e. The summed E-state index contributed by atoms with van der Waals surface area (Å²) >= 11 is 0. The molecule has 7 heteroatoms. The van der Waals surface area contributed by atoms with Gasteiger partial charge in [0.15, 0.2) is 0 Å². The Labute approximate surface area is 154 Å². The number of nitrogens with zero attached hydrogens (tertiary/aromatic N) is 2. The molecule has 0 spiro atoms. The van der Waals surface area contributed by atoms with E-state index >= 15 is 0 Å². The van der Waals surface area contributed by atoms with Gasteiger partial charge in [-0.1, -0.05) is 0 Å². The molecule has 26 heavy (non-hydrogen) atoms. The lowest BCUT2D eigenvalue weighted by Crippen LogP contribution is -2.48. The lowest BCUT2D eigenvalue weighted by Gasteiger charge is -2.39. The van der Waals surface area contributed by atoms with E-state index in [9.17, 15) is 9.59 Å². The molecule has 1 atom stereocenters. The maximum atomic E-state index is 12.5. The first-order chi connectivity index (χ1) is 12.3. The molecule has 0 aromatic heterocycles. The van der Waals surface area contributed by atoms with Gasteiger partial charge in [0, 0.05) is 38.3 Å². The molecule has 2 amide bonds. The maximum Gasteiger partial charge on any atom is 0.247 e. The van der Waals surface area contributed by atoms with E-state index < -0.39 is 6.04 Å². The number of nitrogens with one attached hydrogen (secondary N) is 1. The van der Waals surface area contributed by atoms with Crippen molar-refractivity contribution in [2.24, 2.45) is 0 Å². The molecule has 1 aromatic carbocycles. The normalized spacial score (nSPS) is 22.5. The number of carbonyl (C=O) groups excluding carboxylic acids is 2. The number of amides is 2. The van der Waals surface area contributed by atoms with Crippen LogP contribution in [0.2, 0.25) is 0 Å². The number of likely N-dealkylation sites (tertiary alicyclic amines) is 1. The largest absolute Gasteiger partial charge is 0.494 e. The Hall–Kier alpha value is -2.28. The first-order valence-corrected chi connectivity index (χ1v) is 8.94. The highest BCUT2D eigenvalue weighted by Gasteiger charge is 2.33. The second-order valence-electron chi connectivity index (χ2n) is 7.46. The minimum Gasteiger partial charge on any atom is -0.494 e. The average Bonchev–Trinajstić information content (AvgIpc) is 2.93. The Morgan fingerprint density at radius 1 is 1.38 bits per heavy atom. The molecule has 0 aliphatic carbocycles. The van der Waals surface area contributed by atoms with Crippen molar-refractivity contribution in [1.82, 2.24) is 4.90 Å². The van der Waals surface area contributed by atoms with Crippen LogP contribution in [0.15, 0.2) is 18.2 Å². The highest BCUT2D eigenvalue weighted by molar-refractivity contribution is 6.00. The van der Waals surface area contributed by atoms with Gasteiger partial charge in [0.05, 0.1) is 25.0 Å². The number of rotatable bonds is 4. The quantitative estimate of drug-likeness (QED) is 0.886. The summed E-state index contributed by atoms with van der Waals surface area (Å²) in [5, 5.41) is 2.90. The molecular formula is C19H27N3O4. The van der Waals surface area contributed by atoms with Crippen molar-refractivity contribution in [2.45, 2.75) is 38.3 Å². The molecule has 0 radical (unpaired) electrons. The van der Waals surface area contributed by atoms with Crippen LogP contribution in [0.5, 0.6) is 5.75 Å². The highest BCUT2D eigenvalue weighted by Crippen LogP contribution is 2.32. The molecule has 2 aliphatic heterocycles. The second kappa shape index (κ2) is 7.15. The molecule has 1 aromatic rings. The van der Waals surface area contributed by atoms with E-state index in [4.69, 9.17) is 9.47 Å². The van der Waals surface area contributed by atoms with Crippen molar-refractivity contribution in [3.05, 3.63) is 18.2 Å². The zero-order valence-electron chi connectivity index (χ0n) is 15.9. The predicted octanol–water partition coefficient (Wildman–Crippen LogP) is 1.87. The Balaban J connectivity index is 1.75. The second-order valence-corrected chi connectivity index (χ2v) is 7.46. The van der Waals surface area contributed by atoms with Gasteiger partial charge in [-0.05, 0) is 32.4 Å². The standard InChI is InChI=1S/C19H27N3O4/c1-19(2)12-22(9-10-26-19)13-5-6-14(16(11-13)25-4)20-18(24)15-7-8-17(23)21(15)3/h5-6,11,15H,7-10,12H2,1-4H3,(H,20,24). The topological polar surface area (TPSA) is 71.1 Å². The van der Waals surface area contributed by atoms with Crippen LogP contribution in [0.3, 0.4) is 0 Å². The SMILES string of the molecule is COc1cc(N2CCOC(C)(C)C2)ccc1NC(=O)C1CCC(=O)N1C. The summed E-state index contributed by atoms with van der Waals surface area (Å²) in [6.45, 7) is 6.43. The van der Waals surface area contributed by atoms with Gasteiger partial charge in [-0.2, -0.15) is 0 Å². The molecule has 0 saturated carbocycles. The van der Waals surface area contributed by atoms with Crippen LogP contribution in [-0.4, -0.2) is 62.2 Å². The fourth-order valence-corrected chi connectivity index (χ4v) is 3.54. The number of likely N-dealkylation sites (N-methyl/N-ethyl adjacent to an activating group) is 1. The lowest BCUT2D eigenvalue weighted by molar-refractivity contribution is -0.131. The van der Waals surface area contributed by atoms with Gasteiger partial charge >= 0.3 is 0 Å². The fourth-order valence-electron chi connectivity index (χ4n) is 3.54. The van der Waals surface area contributed by atoms with E-state index in [2.05, 4.69) is 24.1 Å². The molecule has 0 bridgehead atoms. The molecule has 2 heterocycles. The Morgan fingerprint density at radius 2 is 2.15 bits per heavy atom. The van der Waals surface area contributed by atoms with E-state index in [-0.39, 0.29) is 17.4 Å². The van der Waals surface area contributed by atoms with Crippen molar-refractivity contribution in [3.63, 3.8) is 0 Å². The molecular weight excluding hydrogens is 334 g/mol. The van der Waals surface area contributed by atoms with Crippen LogP contribution >= 0.6 is 0 Å². The molecule has 7 nitrogen and oxygen atoms in total. The van der Waals surface area contributed by atoms with Crippen LogP contribution in [0, 0.1) is 0 Å². The summed E-state index contributed by atoms with van der Waals surface area (Å²) < 4.78 is 11.3. The summed E-state index contributed by atoms with van der Waals surface area (Å²) in [6.07, 6.45) is 0.960. The number of anilines is 2. The zero-order valence-corrected chi connectivity index (χ0v) is 15.9.